The molecule has 2 aromatic rings. The number of amides is 1. The van der Waals surface area contributed by atoms with Crippen LogP contribution in [0.3, 0.4) is 0 Å². The Hall–Kier alpha value is -1.74. The van der Waals surface area contributed by atoms with E-state index in [0.29, 0.717) is 5.91 Å². The molecule has 0 saturated heterocycles. The lowest BCUT2D eigenvalue weighted by Crippen LogP contribution is -2.39. The highest BCUT2D eigenvalue weighted by atomic mass is 35.5. The highest BCUT2D eigenvalue weighted by Gasteiger charge is 2.27. The van der Waals surface area contributed by atoms with Crippen molar-refractivity contribution in [1.29, 1.82) is 0 Å². The third kappa shape index (κ3) is 2.86. The Morgan fingerprint density at radius 3 is 2.79 bits per heavy atom. The van der Waals surface area contributed by atoms with Gasteiger partial charge in [-0.15, -0.1) is 0 Å². The van der Waals surface area contributed by atoms with Gasteiger partial charge in [0.25, 0.3) is 0 Å². The quantitative estimate of drug-likeness (QED) is 0.817. The standard InChI is InChI=1S/C20H23ClN2O/c21-18-8-4-7-16-17(13-22-19(16)18)14-9-11-23(12-10-14)20(24)15-5-2-1-3-6-15/h4,7-9,13,15,22H,1-3,5-6,10-12H2. The fourth-order valence-electron chi connectivity index (χ4n) is 4.10. The summed E-state index contributed by atoms with van der Waals surface area (Å²) in [5.74, 6) is 0.632. The molecule has 24 heavy (non-hydrogen) atoms. The van der Waals surface area contributed by atoms with E-state index in [9.17, 15) is 4.79 Å². The number of hydrogen-bond donors (Lipinski definition) is 1. The number of aromatic nitrogens is 1. The minimum atomic E-state index is 0.264. The Kier molecular flexibility index (Phi) is 4.36. The molecule has 1 aliphatic carbocycles. The fourth-order valence-corrected chi connectivity index (χ4v) is 4.33. The number of fused-ring (bicyclic) bond motifs is 1. The van der Waals surface area contributed by atoms with Crippen LogP contribution in [0.5, 0.6) is 0 Å². The van der Waals surface area contributed by atoms with Crippen molar-refractivity contribution in [3.8, 4) is 0 Å². The number of carbonyl (C=O) groups is 1. The highest BCUT2D eigenvalue weighted by Crippen LogP contribution is 2.33. The van der Waals surface area contributed by atoms with Crippen LogP contribution in [-0.2, 0) is 4.79 Å². The minimum Gasteiger partial charge on any atom is -0.359 e. The van der Waals surface area contributed by atoms with Gasteiger partial charge in [-0.25, -0.2) is 0 Å². The van der Waals surface area contributed by atoms with Crippen molar-refractivity contribution >= 4 is 34.0 Å². The Morgan fingerprint density at radius 2 is 2.04 bits per heavy atom. The Bertz CT molecular complexity index is 786. The van der Waals surface area contributed by atoms with Crippen LogP contribution in [0.2, 0.25) is 5.02 Å². The number of H-pyrrole nitrogens is 1. The number of para-hydroxylation sites is 1. The number of aromatic amines is 1. The van der Waals surface area contributed by atoms with Crippen molar-refractivity contribution < 1.29 is 4.79 Å². The maximum Gasteiger partial charge on any atom is 0.225 e. The molecule has 3 nitrogen and oxygen atoms in total. The zero-order valence-electron chi connectivity index (χ0n) is 13.9. The van der Waals surface area contributed by atoms with E-state index < -0.39 is 0 Å². The molecule has 1 aromatic heterocycles. The normalized spacial score (nSPS) is 19.5. The van der Waals surface area contributed by atoms with Gasteiger partial charge in [0, 0.05) is 36.2 Å². The molecule has 0 unspecified atom stereocenters. The topological polar surface area (TPSA) is 36.1 Å². The Labute approximate surface area is 147 Å². The second-order valence-corrected chi connectivity index (χ2v) is 7.37. The molecule has 1 saturated carbocycles. The summed E-state index contributed by atoms with van der Waals surface area (Å²) in [6, 6.07) is 6.00. The van der Waals surface area contributed by atoms with Crippen LogP contribution in [0, 0.1) is 5.92 Å². The van der Waals surface area contributed by atoms with Gasteiger partial charge in [-0.05, 0) is 30.9 Å². The van der Waals surface area contributed by atoms with Crippen molar-refractivity contribution in [2.45, 2.75) is 38.5 Å². The molecule has 1 aromatic carbocycles. The molecule has 1 fully saturated rings. The lowest BCUT2D eigenvalue weighted by Gasteiger charge is -2.31. The maximum absolute atomic E-state index is 12.7. The summed E-state index contributed by atoms with van der Waals surface area (Å²) in [7, 11) is 0. The first-order chi connectivity index (χ1) is 11.7. The smallest absolute Gasteiger partial charge is 0.225 e. The molecule has 0 atom stereocenters. The summed E-state index contributed by atoms with van der Waals surface area (Å²) in [5, 5.41) is 1.92. The number of nitrogens with zero attached hydrogens (tertiary/aromatic N) is 1. The average Bonchev–Trinajstić information content (AvgIpc) is 3.07. The monoisotopic (exact) mass is 342 g/mol. The van der Waals surface area contributed by atoms with Gasteiger partial charge in [0.2, 0.25) is 5.91 Å². The van der Waals surface area contributed by atoms with Gasteiger partial charge in [0.05, 0.1) is 10.5 Å². The van der Waals surface area contributed by atoms with Crippen molar-refractivity contribution in [2.24, 2.45) is 5.92 Å². The molecule has 0 bridgehead atoms. The van der Waals surface area contributed by atoms with Crippen molar-refractivity contribution in [3.05, 3.63) is 41.1 Å². The lowest BCUT2D eigenvalue weighted by atomic mass is 9.87. The highest BCUT2D eigenvalue weighted by molar-refractivity contribution is 6.35. The second kappa shape index (κ2) is 6.64. The molecule has 4 rings (SSSR count). The first-order valence-corrected chi connectivity index (χ1v) is 9.35. The summed E-state index contributed by atoms with van der Waals surface area (Å²) in [5.41, 5.74) is 3.53. The van der Waals surface area contributed by atoms with Crippen LogP contribution < -0.4 is 0 Å². The van der Waals surface area contributed by atoms with Gasteiger partial charge in [-0.1, -0.05) is 49.1 Å². The summed E-state index contributed by atoms with van der Waals surface area (Å²) in [6.45, 7) is 1.56. The van der Waals surface area contributed by atoms with E-state index in [1.807, 2.05) is 23.2 Å². The van der Waals surface area contributed by atoms with Crippen LogP contribution in [0.25, 0.3) is 16.5 Å². The van der Waals surface area contributed by atoms with E-state index in [2.05, 4.69) is 17.1 Å². The third-order valence-electron chi connectivity index (χ3n) is 5.49. The number of carbonyl (C=O) groups excluding carboxylic acids is 1. The average molecular weight is 343 g/mol. The predicted octanol–water partition coefficient (Wildman–Crippen LogP) is 5.02. The van der Waals surface area contributed by atoms with Crippen LogP contribution >= 0.6 is 11.6 Å². The predicted molar refractivity (Wildman–Crippen MR) is 99.1 cm³/mol. The lowest BCUT2D eigenvalue weighted by molar-refractivity contribution is -0.136. The van der Waals surface area contributed by atoms with E-state index in [4.69, 9.17) is 11.6 Å². The van der Waals surface area contributed by atoms with Crippen molar-refractivity contribution in [2.75, 3.05) is 13.1 Å². The van der Waals surface area contributed by atoms with Gasteiger partial charge in [0.1, 0.15) is 0 Å². The Morgan fingerprint density at radius 1 is 1.21 bits per heavy atom. The van der Waals surface area contributed by atoms with Gasteiger partial charge < -0.3 is 9.88 Å². The van der Waals surface area contributed by atoms with E-state index in [0.717, 1.165) is 42.9 Å². The zero-order chi connectivity index (χ0) is 16.5. The van der Waals surface area contributed by atoms with Crippen LogP contribution in [-0.4, -0.2) is 28.9 Å². The summed E-state index contributed by atoms with van der Waals surface area (Å²) in [6.07, 6.45) is 11.0. The van der Waals surface area contributed by atoms with Gasteiger partial charge in [-0.2, -0.15) is 0 Å². The van der Waals surface area contributed by atoms with Gasteiger partial charge >= 0.3 is 0 Å². The van der Waals surface area contributed by atoms with Crippen LogP contribution in [0.1, 0.15) is 44.1 Å². The summed E-state index contributed by atoms with van der Waals surface area (Å²) < 4.78 is 0. The molecule has 2 aliphatic rings. The summed E-state index contributed by atoms with van der Waals surface area (Å²) >= 11 is 6.26. The number of halogens is 1. The van der Waals surface area contributed by atoms with Gasteiger partial charge in [-0.3, -0.25) is 4.79 Å². The molecule has 4 heteroatoms. The van der Waals surface area contributed by atoms with E-state index in [1.54, 1.807) is 0 Å². The molecule has 2 heterocycles. The maximum atomic E-state index is 12.7. The molecule has 126 valence electrons. The molecule has 0 spiro atoms. The fraction of sp³-hybridized carbons (Fsp3) is 0.450. The molecule has 1 N–H and O–H groups in total. The van der Waals surface area contributed by atoms with Gasteiger partial charge in [0.15, 0.2) is 0 Å². The molecule has 1 amide bonds. The zero-order valence-corrected chi connectivity index (χ0v) is 14.6. The Balaban J connectivity index is 1.51. The number of hydrogen-bond acceptors (Lipinski definition) is 1. The van der Waals surface area contributed by atoms with Crippen LogP contribution in [0.15, 0.2) is 30.5 Å². The van der Waals surface area contributed by atoms with Crippen molar-refractivity contribution in [3.63, 3.8) is 0 Å². The number of nitrogens with one attached hydrogen (secondary N) is 1. The molecular formula is C20H23ClN2O. The molecule has 1 aliphatic heterocycles. The summed E-state index contributed by atoms with van der Waals surface area (Å²) in [4.78, 5) is 18.0. The number of rotatable bonds is 2. The van der Waals surface area contributed by atoms with E-state index in [1.165, 1.54) is 35.8 Å². The first-order valence-electron chi connectivity index (χ1n) is 8.98. The minimum absolute atomic E-state index is 0.264. The van der Waals surface area contributed by atoms with E-state index >= 15 is 0 Å². The first kappa shape index (κ1) is 15.8. The van der Waals surface area contributed by atoms with Crippen molar-refractivity contribution in [1.82, 2.24) is 9.88 Å². The largest absolute Gasteiger partial charge is 0.359 e. The number of benzene rings is 1. The SMILES string of the molecule is O=C(C1CCCCC1)N1CC=C(c2c[nH]c3c(Cl)cccc23)CC1. The van der Waals surface area contributed by atoms with Crippen LogP contribution in [0.4, 0.5) is 0 Å². The second-order valence-electron chi connectivity index (χ2n) is 6.96. The van der Waals surface area contributed by atoms with E-state index in [-0.39, 0.29) is 5.92 Å². The molecular weight excluding hydrogens is 320 g/mol. The molecule has 0 radical (unpaired) electrons. The third-order valence-corrected chi connectivity index (χ3v) is 5.80.